The number of halogens is 1. The highest BCUT2D eigenvalue weighted by atomic mass is 79.9. The van der Waals surface area contributed by atoms with Gasteiger partial charge in [0.15, 0.2) is 10.8 Å². The fraction of sp³-hybridized carbons (Fsp3) is 0.231. The number of thiazole rings is 1. The molecule has 1 aromatic carbocycles. The van der Waals surface area contributed by atoms with Gasteiger partial charge in [0.2, 0.25) is 0 Å². The first kappa shape index (κ1) is 14.8. The Kier molecular flexibility index (Phi) is 4.61. The Bertz CT molecular complexity index is 643. The lowest BCUT2D eigenvalue weighted by Gasteiger charge is -2.09. The van der Waals surface area contributed by atoms with Gasteiger partial charge in [0, 0.05) is 9.35 Å². The van der Waals surface area contributed by atoms with E-state index in [0.29, 0.717) is 16.6 Å². The molecule has 106 valence electrons. The molecule has 0 unspecified atom stereocenters. The van der Waals surface area contributed by atoms with E-state index in [1.54, 1.807) is 7.11 Å². The normalized spacial score (nSPS) is 10.2. The van der Waals surface area contributed by atoms with Gasteiger partial charge in [0.05, 0.1) is 19.9 Å². The molecule has 2 rings (SSSR count). The van der Waals surface area contributed by atoms with Crippen molar-refractivity contribution in [2.45, 2.75) is 6.92 Å². The molecule has 0 aliphatic carbocycles. The van der Waals surface area contributed by atoms with Gasteiger partial charge in [-0.05, 0) is 25.1 Å². The summed E-state index contributed by atoms with van der Waals surface area (Å²) in [7, 11) is 2.94. The van der Waals surface area contributed by atoms with Crippen LogP contribution in [0.2, 0.25) is 0 Å². The Morgan fingerprint density at radius 3 is 2.80 bits per heavy atom. The highest BCUT2D eigenvalue weighted by Crippen LogP contribution is 2.33. The molecule has 0 aliphatic rings. The maximum absolute atomic E-state index is 11.5. The number of hydrogen-bond donors (Lipinski definition) is 1. The molecule has 1 N–H and O–H groups in total. The zero-order valence-corrected chi connectivity index (χ0v) is 13.6. The highest BCUT2D eigenvalue weighted by molar-refractivity contribution is 9.10. The standard InChI is InChI=1S/C13H13BrN2O3S/c1-7-11(12(17)19-3)16-13(20-7)15-9-6-8(14)4-5-10(9)18-2/h4-6H,1-3H3,(H,15,16). The molecule has 1 heterocycles. The zero-order chi connectivity index (χ0) is 14.7. The minimum atomic E-state index is -0.437. The number of aromatic nitrogens is 1. The van der Waals surface area contributed by atoms with E-state index in [0.717, 1.165) is 15.0 Å². The van der Waals surface area contributed by atoms with E-state index >= 15 is 0 Å². The van der Waals surface area contributed by atoms with Crippen molar-refractivity contribution in [3.8, 4) is 5.75 Å². The molecular weight excluding hydrogens is 344 g/mol. The van der Waals surface area contributed by atoms with Crippen LogP contribution in [-0.4, -0.2) is 25.2 Å². The van der Waals surface area contributed by atoms with Crippen molar-refractivity contribution < 1.29 is 14.3 Å². The molecule has 0 bridgehead atoms. The van der Waals surface area contributed by atoms with Crippen LogP contribution in [0, 0.1) is 6.92 Å². The summed E-state index contributed by atoms with van der Waals surface area (Å²) in [6, 6.07) is 5.61. The molecule has 0 aliphatic heterocycles. The van der Waals surface area contributed by atoms with Gasteiger partial charge in [-0.1, -0.05) is 15.9 Å². The van der Waals surface area contributed by atoms with E-state index in [-0.39, 0.29) is 0 Å². The average molecular weight is 357 g/mol. The predicted molar refractivity (Wildman–Crippen MR) is 82.2 cm³/mol. The van der Waals surface area contributed by atoms with Gasteiger partial charge in [0.25, 0.3) is 0 Å². The number of ether oxygens (including phenoxy) is 2. The fourth-order valence-electron chi connectivity index (χ4n) is 1.63. The Balaban J connectivity index is 2.31. The molecule has 0 atom stereocenters. The summed E-state index contributed by atoms with van der Waals surface area (Å²) in [5.41, 5.74) is 1.10. The predicted octanol–water partition coefficient (Wildman–Crippen LogP) is 3.75. The van der Waals surface area contributed by atoms with Crippen molar-refractivity contribution in [2.75, 3.05) is 19.5 Å². The molecule has 0 fully saturated rings. The minimum Gasteiger partial charge on any atom is -0.495 e. The van der Waals surface area contributed by atoms with Crippen LogP contribution in [0.1, 0.15) is 15.4 Å². The molecule has 0 saturated heterocycles. The molecule has 5 nitrogen and oxygen atoms in total. The van der Waals surface area contributed by atoms with Crippen LogP contribution < -0.4 is 10.1 Å². The lowest BCUT2D eigenvalue weighted by atomic mass is 10.3. The number of hydrogen-bond acceptors (Lipinski definition) is 6. The van der Waals surface area contributed by atoms with Crippen molar-refractivity contribution in [3.05, 3.63) is 33.2 Å². The third-order valence-electron chi connectivity index (χ3n) is 2.58. The molecule has 0 saturated carbocycles. The van der Waals surface area contributed by atoms with Crippen molar-refractivity contribution in [1.82, 2.24) is 4.98 Å². The van der Waals surface area contributed by atoms with Crippen LogP contribution in [0.5, 0.6) is 5.75 Å². The Morgan fingerprint density at radius 2 is 2.15 bits per heavy atom. The maximum Gasteiger partial charge on any atom is 0.357 e. The summed E-state index contributed by atoms with van der Waals surface area (Å²) in [5.74, 6) is 0.258. The third kappa shape index (κ3) is 3.10. The second-order valence-corrected chi connectivity index (χ2v) is 6.00. The van der Waals surface area contributed by atoms with Crippen molar-refractivity contribution >= 4 is 44.1 Å². The van der Waals surface area contributed by atoms with E-state index < -0.39 is 5.97 Å². The number of nitrogens with zero attached hydrogens (tertiary/aromatic N) is 1. The van der Waals surface area contributed by atoms with E-state index in [9.17, 15) is 4.79 Å². The van der Waals surface area contributed by atoms with Gasteiger partial charge in [-0.3, -0.25) is 0 Å². The number of rotatable bonds is 4. The topological polar surface area (TPSA) is 60.5 Å². The minimum absolute atomic E-state index is 0.328. The zero-order valence-electron chi connectivity index (χ0n) is 11.2. The number of carbonyl (C=O) groups excluding carboxylic acids is 1. The van der Waals surface area contributed by atoms with Gasteiger partial charge in [0.1, 0.15) is 5.75 Å². The van der Waals surface area contributed by atoms with Gasteiger partial charge >= 0.3 is 5.97 Å². The molecule has 1 aromatic heterocycles. The van der Waals surface area contributed by atoms with E-state index in [4.69, 9.17) is 4.74 Å². The summed E-state index contributed by atoms with van der Waals surface area (Å²) in [6.07, 6.45) is 0. The van der Waals surface area contributed by atoms with Crippen molar-refractivity contribution in [3.63, 3.8) is 0 Å². The summed E-state index contributed by atoms with van der Waals surface area (Å²) in [4.78, 5) is 16.6. The van der Waals surface area contributed by atoms with Crippen LogP contribution >= 0.6 is 27.3 Å². The summed E-state index contributed by atoms with van der Waals surface area (Å²) in [5, 5.41) is 3.76. The Hall–Kier alpha value is -1.60. The molecule has 0 spiro atoms. The van der Waals surface area contributed by atoms with E-state index in [1.807, 2.05) is 25.1 Å². The maximum atomic E-state index is 11.5. The van der Waals surface area contributed by atoms with Crippen LogP contribution in [0.25, 0.3) is 0 Å². The Morgan fingerprint density at radius 1 is 1.40 bits per heavy atom. The molecule has 0 radical (unpaired) electrons. The first-order valence-corrected chi connectivity index (χ1v) is 7.32. The van der Waals surface area contributed by atoms with Gasteiger partial charge in [-0.2, -0.15) is 0 Å². The molecule has 20 heavy (non-hydrogen) atoms. The highest BCUT2D eigenvalue weighted by Gasteiger charge is 2.16. The van der Waals surface area contributed by atoms with Gasteiger partial charge in [-0.15, -0.1) is 11.3 Å². The van der Waals surface area contributed by atoms with Crippen molar-refractivity contribution in [2.24, 2.45) is 0 Å². The van der Waals surface area contributed by atoms with Crippen molar-refractivity contribution in [1.29, 1.82) is 0 Å². The molecule has 0 amide bonds. The van der Waals surface area contributed by atoms with Crippen LogP contribution in [0.15, 0.2) is 22.7 Å². The summed E-state index contributed by atoms with van der Waals surface area (Å²) >= 11 is 4.79. The van der Waals surface area contributed by atoms with E-state index in [2.05, 4.69) is 31.0 Å². The average Bonchev–Trinajstić information content (AvgIpc) is 2.79. The van der Waals surface area contributed by atoms with E-state index in [1.165, 1.54) is 18.4 Å². The summed E-state index contributed by atoms with van der Waals surface area (Å²) < 4.78 is 10.9. The van der Waals surface area contributed by atoms with Crippen LogP contribution in [0.4, 0.5) is 10.8 Å². The first-order chi connectivity index (χ1) is 9.55. The number of carbonyl (C=O) groups is 1. The number of methoxy groups -OCH3 is 2. The number of esters is 1. The van der Waals surface area contributed by atoms with Gasteiger partial charge in [-0.25, -0.2) is 9.78 Å². The SMILES string of the molecule is COC(=O)c1nc(Nc2cc(Br)ccc2OC)sc1C. The van der Waals surface area contributed by atoms with Gasteiger partial charge < -0.3 is 14.8 Å². The van der Waals surface area contributed by atoms with Crippen LogP contribution in [-0.2, 0) is 4.74 Å². The quantitative estimate of drug-likeness (QED) is 0.845. The van der Waals surface area contributed by atoms with Crippen LogP contribution in [0.3, 0.4) is 0 Å². The molecule has 2 aromatic rings. The first-order valence-electron chi connectivity index (χ1n) is 5.71. The molecular formula is C13H13BrN2O3S. The number of aryl methyl sites for hydroxylation is 1. The second kappa shape index (κ2) is 6.23. The number of anilines is 2. The number of benzene rings is 1. The lowest BCUT2D eigenvalue weighted by molar-refractivity contribution is 0.0594. The second-order valence-electron chi connectivity index (χ2n) is 3.88. The largest absolute Gasteiger partial charge is 0.495 e. The Labute approximate surface area is 129 Å². The molecule has 7 heteroatoms. The summed E-state index contributed by atoms with van der Waals surface area (Å²) in [6.45, 7) is 1.83. The fourth-order valence-corrected chi connectivity index (χ4v) is 2.80. The lowest BCUT2D eigenvalue weighted by Crippen LogP contribution is -2.03. The monoisotopic (exact) mass is 356 g/mol. The number of nitrogens with one attached hydrogen (secondary N) is 1. The smallest absolute Gasteiger partial charge is 0.357 e. The third-order valence-corrected chi connectivity index (χ3v) is 3.96.